The summed E-state index contributed by atoms with van der Waals surface area (Å²) in [6.07, 6.45) is 5.65. The molecular formula is C22H28N2O3. The van der Waals surface area contributed by atoms with Crippen molar-refractivity contribution in [1.29, 1.82) is 0 Å². The molecule has 0 unspecified atom stereocenters. The number of rotatable bonds is 5. The highest BCUT2D eigenvalue weighted by Gasteiger charge is 2.30. The lowest BCUT2D eigenvalue weighted by Crippen LogP contribution is -2.41. The van der Waals surface area contributed by atoms with Gasteiger partial charge in [-0.3, -0.25) is 9.59 Å². The molecule has 27 heavy (non-hydrogen) atoms. The molecule has 2 heterocycles. The van der Waals surface area contributed by atoms with Crippen molar-refractivity contribution in [2.45, 2.75) is 51.2 Å². The van der Waals surface area contributed by atoms with Gasteiger partial charge in [0.05, 0.1) is 6.10 Å². The molecule has 144 valence electrons. The maximum absolute atomic E-state index is 13.2. The molecule has 5 nitrogen and oxygen atoms in total. The van der Waals surface area contributed by atoms with E-state index < -0.39 is 6.10 Å². The third kappa shape index (κ3) is 4.48. The van der Waals surface area contributed by atoms with Gasteiger partial charge in [-0.25, -0.2) is 0 Å². The Labute approximate surface area is 160 Å². The van der Waals surface area contributed by atoms with Crippen LogP contribution in [0, 0.1) is 0 Å². The molecule has 5 heteroatoms. The number of aromatic nitrogens is 1. The maximum Gasteiger partial charge on any atom is 0.270 e. The van der Waals surface area contributed by atoms with Crippen molar-refractivity contribution in [1.82, 2.24) is 9.47 Å². The maximum atomic E-state index is 13.2. The zero-order valence-corrected chi connectivity index (χ0v) is 16.1. The van der Waals surface area contributed by atoms with E-state index in [-0.39, 0.29) is 17.7 Å². The molecule has 1 aromatic carbocycles. The van der Waals surface area contributed by atoms with Crippen LogP contribution in [0.2, 0.25) is 0 Å². The fourth-order valence-corrected chi connectivity index (χ4v) is 3.88. The fraction of sp³-hybridized carbons (Fsp3) is 0.455. The average molecular weight is 368 g/mol. The highest BCUT2D eigenvalue weighted by molar-refractivity contribution is 5.99. The zero-order chi connectivity index (χ0) is 19.4. The number of benzene rings is 1. The first kappa shape index (κ1) is 19.4. The average Bonchev–Trinajstić information content (AvgIpc) is 2.91. The Kier molecular flexibility index (Phi) is 6.11. The third-order valence-corrected chi connectivity index (χ3v) is 5.45. The van der Waals surface area contributed by atoms with Crippen LogP contribution in [0.5, 0.6) is 0 Å². The number of likely N-dealkylation sites (tertiary alicyclic amines) is 1. The van der Waals surface area contributed by atoms with E-state index in [9.17, 15) is 14.7 Å². The van der Waals surface area contributed by atoms with Crippen LogP contribution in [-0.2, 0) is 7.05 Å². The Morgan fingerprint density at radius 2 is 1.93 bits per heavy atom. The predicted octanol–water partition coefficient (Wildman–Crippen LogP) is 3.74. The van der Waals surface area contributed by atoms with Crippen molar-refractivity contribution in [2.24, 2.45) is 7.05 Å². The number of Topliss-reactive ketones (excluding diaryl/α,β-unsaturated/α-hetero) is 1. The van der Waals surface area contributed by atoms with Gasteiger partial charge in [-0.15, -0.1) is 0 Å². The van der Waals surface area contributed by atoms with Gasteiger partial charge in [0.25, 0.3) is 5.91 Å². The largest absolute Gasteiger partial charge is 0.388 e. The van der Waals surface area contributed by atoms with Gasteiger partial charge in [-0.2, -0.15) is 0 Å². The minimum Gasteiger partial charge on any atom is -0.388 e. The molecule has 1 N–H and O–H groups in total. The molecule has 2 atom stereocenters. The molecule has 0 saturated carbocycles. The first-order valence-corrected chi connectivity index (χ1v) is 9.68. The van der Waals surface area contributed by atoms with Crippen molar-refractivity contribution in [2.75, 3.05) is 6.54 Å². The van der Waals surface area contributed by atoms with E-state index in [0.29, 0.717) is 24.2 Å². The summed E-state index contributed by atoms with van der Waals surface area (Å²) in [6.45, 7) is 2.19. The lowest BCUT2D eigenvalue weighted by molar-refractivity contribution is 0.0579. The van der Waals surface area contributed by atoms with Gasteiger partial charge in [0, 0.05) is 31.4 Å². The van der Waals surface area contributed by atoms with Crippen molar-refractivity contribution < 1.29 is 14.7 Å². The van der Waals surface area contributed by atoms with E-state index >= 15 is 0 Å². The van der Waals surface area contributed by atoms with E-state index in [2.05, 4.69) is 0 Å². The SMILES string of the molecule is CC(=O)c1cc(C(=O)N2CCCCC[C@H]2C[C@@H](O)c2ccccc2)n(C)c1. The van der Waals surface area contributed by atoms with Gasteiger partial charge in [0.2, 0.25) is 0 Å². The van der Waals surface area contributed by atoms with E-state index in [0.717, 1.165) is 31.2 Å². The summed E-state index contributed by atoms with van der Waals surface area (Å²) >= 11 is 0. The Bertz CT molecular complexity index is 797. The van der Waals surface area contributed by atoms with Gasteiger partial charge < -0.3 is 14.6 Å². The van der Waals surface area contributed by atoms with Crippen molar-refractivity contribution in [3.05, 3.63) is 59.4 Å². The zero-order valence-electron chi connectivity index (χ0n) is 16.1. The van der Waals surface area contributed by atoms with Crippen molar-refractivity contribution in [3.8, 4) is 0 Å². The smallest absolute Gasteiger partial charge is 0.270 e. The van der Waals surface area contributed by atoms with Crippen LogP contribution in [0.25, 0.3) is 0 Å². The van der Waals surface area contributed by atoms with Gasteiger partial charge >= 0.3 is 0 Å². The molecular weight excluding hydrogens is 340 g/mol. The Hall–Kier alpha value is -2.40. The number of aliphatic hydroxyl groups excluding tert-OH is 1. The Morgan fingerprint density at radius 1 is 1.19 bits per heavy atom. The minimum absolute atomic E-state index is 0.00844. The lowest BCUT2D eigenvalue weighted by atomic mass is 9.98. The molecule has 1 fully saturated rings. The summed E-state index contributed by atoms with van der Waals surface area (Å²) < 4.78 is 1.73. The van der Waals surface area contributed by atoms with Crippen LogP contribution in [0.4, 0.5) is 0 Å². The van der Waals surface area contributed by atoms with Crippen LogP contribution in [0.1, 0.15) is 71.5 Å². The molecule has 0 bridgehead atoms. The summed E-state index contributed by atoms with van der Waals surface area (Å²) in [5, 5.41) is 10.7. The predicted molar refractivity (Wildman–Crippen MR) is 105 cm³/mol. The van der Waals surface area contributed by atoms with Crippen molar-refractivity contribution in [3.63, 3.8) is 0 Å². The first-order chi connectivity index (χ1) is 13.0. The molecule has 1 amide bonds. The van der Waals surface area contributed by atoms with E-state index in [1.54, 1.807) is 23.9 Å². The standard InChI is InChI=1S/C22H28N2O3/c1-16(25)18-13-20(23(2)15-18)22(27)24-12-8-4-7-11-19(24)14-21(26)17-9-5-3-6-10-17/h3,5-6,9-10,13,15,19,21,26H,4,7-8,11-12,14H2,1-2H3/t19-,21+/m0/s1. The third-order valence-electron chi connectivity index (χ3n) is 5.45. The highest BCUT2D eigenvalue weighted by Crippen LogP contribution is 2.28. The number of hydrogen-bond donors (Lipinski definition) is 1. The number of amides is 1. The second-order valence-electron chi connectivity index (χ2n) is 7.44. The molecule has 1 aromatic heterocycles. The number of nitrogens with zero attached hydrogens (tertiary/aromatic N) is 2. The summed E-state index contributed by atoms with van der Waals surface area (Å²) in [4.78, 5) is 26.8. The Balaban J connectivity index is 1.82. The molecule has 1 aliphatic rings. The Morgan fingerprint density at radius 3 is 2.59 bits per heavy atom. The molecule has 0 aliphatic carbocycles. The topological polar surface area (TPSA) is 62.5 Å². The summed E-state index contributed by atoms with van der Waals surface area (Å²) in [6, 6.07) is 11.3. The van der Waals surface area contributed by atoms with Gasteiger partial charge in [0.15, 0.2) is 5.78 Å². The fourth-order valence-electron chi connectivity index (χ4n) is 3.88. The van der Waals surface area contributed by atoms with Gasteiger partial charge in [-0.05, 0) is 37.8 Å². The highest BCUT2D eigenvalue weighted by atomic mass is 16.3. The monoisotopic (exact) mass is 368 g/mol. The number of aliphatic hydroxyl groups is 1. The van der Waals surface area contributed by atoms with Crippen LogP contribution >= 0.6 is 0 Å². The molecule has 0 spiro atoms. The van der Waals surface area contributed by atoms with Crippen molar-refractivity contribution >= 4 is 11.7 Å². The lowest BCUT2D eigenvalue weighted by Gasteiger charge is -2.32. The van der Waals surface area contributed by atoms with Crippen LogP contribution in [-0.4, -0.2) is 38.9 Å². The van der Waals surface area contributed by atoms with E-state index in [1.165, 1.54) is 6.92 Å². The second kappa shape index (κ2) is 8.53. The van der Waals surface area contributed by atoms with Crippen LogP contribution in [0.3, 0.4) is 0 Å². The quantitative estimate of drug-likeness (QED) is 0.818. The molecule has 3 rings (SSSR count). The van der Waals surface area contributed by atoms with Gasteiger partial charge in [0.1, 0.15) is 5.69 Å². The van der Waals surface area contributed by atoms with Crippen LogP contribution in [0.15, 0.2) is 42.6 Å². The second-order valence-corrected chi connectivity index (χ2v) is 7.44. The van der Waals surface area contributed by atoms with E-state index in [4.69, 9.17) is 0 Å². The molecule has 1 saturated heterocycles. The first-order valence-electron chi connectivity index (χ1n) is 9.68. The normalized spacial score (nSPS) is 18.8. The molecule has 0 radical (unpaired) electrons. The number of carbonyl (C=O) groups is 2. The number of aryl methyl sites for hydroxylation is 1. The molecule has 1 aliphatic heterocycles. The minimum atomic E-state index is -0.592. The summed E-state index contributed by atoms with van der Waals surface area (Å²) in [5.41, 5.74) is 1.96. The van der Waals surface area contributed by atoms with Gasteiger partial charge in [-0.1, -0.05) is 43.2 Å². The summed E-state index contributed by atoms with van der Waals surface area (Å²) in [5.74, 6) is -0.103. The van der Waals surface area contributed by atoms with Crippen LogP contribution < -0.4 is 0 Å². The number of hydrogen-bond acceptors (Lipinski definition) is 3. The van der Waals surface area contributed by atoms with E-state index in [1.807, 2.05) is 35.2 Å². The number of carbonyl (C=O) groups excluding carboxylic acids is 2. The summed E-state index contributed by atoms with van der Waals surface area (Å²) in [7, 11) is 1.80. The number of ketones is 1. The molecule has 2 aromatic rings.